The van der Waals surface area contributed by atoms with Crippen molar-refractivity contribution in [2.24, 2.45) is 5.92 Å². The monoisotopic (exact) mass is 543 g/mol. The molecule has 0 saturated heterocycles. The van der Waals surface area contributed by atoms with E-state index in [0.29, 0.717) is 37.8 Å². The highest BCUT2D eigenvalue weighted by atomic mass is 19.1. The van der Waals surface area contributed by atoms with Crippen molar-refractivity contribution < 1.29 is 13.9 Å². The Morgan fingerprint density at radius 3 is 2.45 bits per heavy atom. The van der Waals surface area contributed by atoms with E-state index < -0.39 is 22.7 Å². The van der Waals surface area contributed by atoms with Crippen molar-refractivity contribution in [3.05, 3.63) is 93.0 Å². The number of rotatable bonds is 5. The fourth-order valence-corrected chi connectivity index (χ4v) is 5.67. The molecule has 7 nitrogen and oxygen atoms in total. The molecule has 1 aliphatic carbocycles. The normalized spacial score (nSPS) is 17.6. The Kier molecular flexibility index (Phi) is 7.45. The summed E-state index contributed by atoms with van der Waals surface area (Å²) in [6.45, 7) is 7.54. The number of aromatic nitrogens is 3. The third-order valence-corrected chi connectivity index (χ3v) is 7.51. The molecule has 0 unspecified atom stereocenters. The molecule has 1 saturated carbocycles. The van der Waals surface area contributed by atoms with Crippen molar-refractivity contribution in [3.8, 4) is 16.8 Å². The first kappa shape index (κ1) is 27.5. The Morgan fingerprint density at radius 1 is 1.02 bits per heavy atom. The number of ether oxygens (including phenoxy) is 1. The number of benzene rings is 2. The van der Waals surface area contributed by atoms with E-state index in [1.807, 2.05) is 70.2 Å². The summed E-state index contributed by atoms with van der Waals surface area (Å²) < 4.78 is 22.4. The fourth-order valence-electron chi connectivity index (χ4n) is 5.67. The largest absolute Gasteiger partial charge is 0.460 e. The molecule has 4 aromatic rings. The first-order chi connectivity index (χ1) is 19.0. The van der Waals surface area contributed by atoms with Crippen LogP contribution in [0.4, 0.5) is 4.39 Å². The first-order valence-corrected chi connectivity index (χ1v) is 13.7. The van der Waals surface area contributed by atoms with Gasteiger partial charge in [-0.25, -0.2) is 18.7 Å². The molecule has 0 amide bonds. The molecule has 2 aromatic carbocycles. The van der Waals surface area contributed by atoms with E-state index in [0.717, 1.165) is 29.0 Å². The number of hydrogen-bond donors (Lipinski definition) is 0. The lowest BCUT2D eigenvalue weighted by Crippen LogP contribution is -2.43. The van der Waals surface area contributed by atoms with E-state index in [2.05, 4.69) is 4.98 Å². The lowest BCUT2D eigenvalue weighted by Gasteiger charge is -2.30. The minimum absolute atomic E-state index is 0.0526. The van der Waals surface area contributed by atoms with Crippen LogP contribution in [0.25, 0.3) is 27.8 Å². The van der Waals surface area contributed by atoms with Crippen molar-refractivity contribution in [1.29, 1.82) is 0 Å². The lowest BCUT2D eigenvalue weighted by molar-refractivity contribution is -0.156. The van der Waals surface area contributed by atoms with Gasteiger partial charge >= 0.3 is 11.7 Å². The van der Waals surface area contributed by atoms with Crippen LogP contribution in [-0.4, -0.2) is 25.7 Å². The molecule has 8 heteroatoms. The Labute approximate surface area is 232 Å². The second-order valence-electron chi connectivity index (χ2n) is 11.6. The predicted molar refractivity (Wildman–Crippen MR) is 153 cm³/mol. The third kappa shape index (κ3) is 5.62. The van der Waals surface area contributed by atoms with Crippen molar-refractivity contribution in [2.75, 3.05) is 0 Å². The molecule has 40 heavy (non-hydrogen) atoms. The molecule has 0 spiro atoms. The highest BCUT2D eigenvalue weighted by Crippen LogP contribution is 2.34. The molecule has 0 N–H and O–H groups in total. The topological polar surface area (TPSA) is 83.2 Å². The summed E-state index contributed by atoms with van der Waals surface area (Å²) in [7, 11) is 0. The zero-order valence-corrected chi connectivity index (χ0v) is 23.3. The smallest absolute Gasteiger partial charge is 0.337 e. The third-order valence-electron chi connectivity index (χ3n) is 7.51. The van der Waals surface area contributed by atoms with Gasteiger partial charge in [0.15, 0.2) is 5.65 Å². The minimum atomic E-state index is -0.643. The van der Waals surface area contributed by atoms with Gasteiger partial charge in [-0.2, -0.15) is 0 Å². The van der Waals surface area contributed by atoms with Crippen LogP contribution in [0.3, 0.4) is 0 Å². The van der Waals surface area contributed by atoms with E-state index in [1.54, 1.807) is 6.07 Å². The van der Waals surface area contributed by atoms with Crippen LogP contribution in [0.2, 0.25) is 0 Å². The molecule has 2 aromatic heterocycles. The molecule has 208 valence electrons. The second-order valence-corrected chi connectivity index (χ2v) is 11.6. The number of carbonyl (C=O) groups is 1. The second kappa shape index (κ2) is 10.8. The summed E-state index contributed by atoms with van der Waals surface area (Å²) in [5, 5.41) is 0.0526. The zero-order chi connectivity index (χ0) is 28.6. The van der Waals surface area contributed by atoms with Gasteiger partial charge in [0.05, 0.1) is 17.3 Å². The number of hydrogen-bond acceptors (Lipinski definition) is 5. The van der Waals surface area contributed by atoms with Crippen LogP contribution < -0.4 is 11.2 Å². The standard InChI is InChI=1S/C32H34FN3O4/c1-20-8-5-6-11-26(20)22-9-7-10-25(17-22)35-29-27(18-23(33)19-34-29)30(38)36(31(35)39)24-14-12-21(13-15-24)16-28(37)40-32(2,3)4/h5-11,17-19,21,24H,12-16H2,1-4H3. The number of fused-ring (bicyclic) bond motifs is 1. The van der Waals surface area contributed by atoms with E-state index >= 15 is 0 Å². The Balaban J connectivity index is 1.54. The van der Waals surface area contributed by atoms with Crippen molar-refractivity contribution in [3.63, 3.8) is 0 Å². The Bertz CT molecular complexity index is 1690. The van der Waals surface area contributed by atoms with Crippen LogP contribution in [0.5, 0.6) is 0 Å². The SMILES string of the molecule is Cc1ccccc1-c1cccc(-n2c(=O)n(C3CCC(CC(=O)OC(C)(C)C)CC3)c(=O)c3cc(F)cnc32)c1. The van der Waals surface area contributed by atoms with Gasteiger partial charge in [-0.3, -0.25) is 14.2 Å². The number of esters is 1. The molecule has 0 radical (unpaired) electrons. The summed E-state index contributed by atoms with van der Waals surface area (Å²) >= 11 is 0. The van der Waals surface area contributed by atoms with Crippen LogP contribution in [0.1, 0.15) is 64.5 Å². The first-order valence-electron chi connectivity index (χ1n) is 13.7. The number of pyridine rings is 1. The van der Waals surface area contributed by atoms with E-state index in [9.17, 15) is 18.8 Å². The minimum Gasteiger partial charge on any atom is -0.460 e. The average Bonchev–Trinajstić information content (AvgIpc) is 2.89. The zero-order valence-electron chi connectivity index (χ0n) is 23.3. The lowest BCUT2D eigenvalue weighted by atomic mass is 9.84. The van der Waals surface area contributed by atoms with Gasteiger partial charge in [0.1, 0.15) is 11.4 Å². The maximum atomic E-state index is 14.3. The van der Waals surface area contributed by atoms with Gasteiger partial charge in [-0.1, -0.05) is 36.4 Å². The maximum Gasteiger partial charge on any atom is 0.337 e. The Hall–Kier alpha value is -4.07. The van der Waals surface area contributed by atoms with Gasteiger partial charge in [0, 0.05) is 12.5 Å². The number of halogens is 1. The van der Waals surface area contributed by atoms with Crippen molar-refractivity contribution in [2.45, 2.75) is 71.4 Å². The number of nitrogens with zero attached hydrogens (tertiary/aromatic N) is 3. The highest BCUT2D eigenvalue weighted by molar-refractivity contribution is 5.77. The van der Waals surface area contributed by atoms with E-state index in [4.69, 9.17) is 4.74 Å². The molecule has 5 rings (SSSR count). The van der Waals surface area contributed by atoms with Crippen LogP contribution in [0, 0.1) is 18.7 Å². The van der Waals surface area contributed by atoms with E-state index in [1.165, 1.54) is 9.13 Å². The van der Waals surface area contributed by atoms with Gasteiger partial charge in [-0.15, -0.1) is 0 Å². The van der Waals surface area contributed by atoms with Crippen LogP contribution in [0.15, 0.2) is 70.4 Å². The molecule has 0 bridgehead atoms. The average molecular weight is 544 g/mol. The van der Waals surface area contributed by atoms with E-state index in [-0.39, 0.29) is 29.0 Å². The summed E-state index contributed by atoms with van der Waals surface area (Å²) in [6, 6.07) is 16.2. The van der Waals surface area contributed by atoms with Crippen LogP contribution in [-0.2, 0) is 9.53 Å². The summed E-state index contributed by atoms with van der Waals surface area (Å²) in [5.74, 6) is -0.762. The molecule has 0 atom stereocenters. The van der Waals surface area contributed by atoms with Crippen molar-refractivity contribution >= 4 is 17.0 Å². The highest BCUT2D eigenvalue weighted by Gasteiger charge is 2.29. The molecule has 1 aliphatic rings. The summed E-state index contributed by atoms with van der Waals surface area (Å²) in [6.07, 6.45) is 3.80. The molecular weight excluding hydrogens is 509 g/mol. The van der Waals surface area contributed by atoms with Gasteiger partial charge in [0.2, 0.25) is 0 Å². The fraction of sp³-hybridized carbons (Fsp3) is 0.375. The Morgan fingerprint density at radius 2 is 1.75 bits per heavy atom. The summed E-state index contributed by atoms with van der Waals surface area (Å²) in [5.41, 5.74) is 2.09. The molecule has 0 aliphatic heterocycles. The van der Waals surface area contributed by atoms with Gasteiger partial charge in [0.25, 0.3) is 5.56 Å². The number of carbonyl (C=O) groups excluding carboxylic acids is 1. The molecular formula is C32H34FN3O4. The predicted octanol–water partition coefficient (Wildman–Crippen LogP) is 6.13. The maximum absolute atomic E-state index is 14.3. The van der Waals surface area contributed by atoms with Gasteiger partial charge in [-0.05, 0) is 94.2 Å². The summed E-state index contributed by atoms with van der Waals surface area (Å²) in [4.78, 5) is 44.2. The molecule has 2 heterocycles. The quantitative estimate of drug-likeness (QED) is 0.283. The number of aryl methyl sites for hydroxylation is 1. The van der Waals surface area contributed by atoms with Gasteiger partial charge < -0.3 is 4.74 Å². The molecule has 1 fully saturated rings. The van der Waals surface area contributed by atoms with Crippen LogP contribution >= 0.6 is 0 Å². The van der Waals surface area contributed by atoms with Crippen molar-refractivity contribution in [1.82, 2.24) is 14.1 Å².